The van der Waals surface area contributed by atoms with E-state index < -0.39 is 20.7 Å². The van der Waals surface area contributed by atoms with Crippen LogP contribution in [0.4, 0.5) is 0 Å². The molecule has 182 valence electrons. The maximum atomic E-state index is 13.5. The number of hydrogen-bond acceptors (Lipinski definition) is 5. The Morgan fingerprint density at radius 2 is 1.63 bits per heavy atom. The van der Waals surface area contributed by atoms with Gasteiger partial charge in [0, 0.05) is 30.9 Å². The van der Waals surface area contributed by atoms with Crippen molar-refractivity contribution in [2.45, 2.75) is 68.7 Å². The van der Waals surface area contributed by atoms with E-state index in [1.165, 1.54) is 0 Å². The summed E-state index contributed by atoms with van der Waals surface area (Å²) < 4.78 is 28.8. The van der Waals surface area contributed by atoms with Crippen LogP contribution in [0.1, 0.15) is 67.4 Å². The van der Waals surface area contributed by atoms with E-state index >= 15 is 0 Å². The Hall–Kier alpha value is -2.82. The molecule has 1 saturated heterocycles. The minimum Gasteiger partial charge on any atom is -0.212 e. The third-order valence-corrected chi connectivity index (χ3v) is 10.6. The first kappa shape index (κ1) is 23.9. The van der Waals surface area contributed by atoms with Gasteiger partial charge in [-0.05, 0) is 68.1 Å². The molecule has 0 spiro atoms. The van der Waals surface area contributed by atoms with Gasteiger partial charge in [-0.15, -0.1) is 0 Å². The van der Waals surface area contributed by atoms with Gasteiger partial charge in [0.1, 0.15) is 5.25 Å². The van der Waals surface area contributed by atoms with Crippen LogP contribution in [0.3, 0.4) is 0 Å². The van der Waals surface area contributed by atoms with Gasteiger partial charge >= 0.3 is 0 Å². The molecule has 0 bridgehead atoms. The Bertz CT molecular complexity index is 1230. The average Bonchev–Trinajstić information content (AvgIpc) is 3.42. The van der Waals surface area contributed by atoms with Crippen LogP contribution >= 0.6 is 0 Å². The molecular formula is C28H32N4O2S. The van der Waals surface area contributed by atoms with Crippen LogP contribution < -0.4 is 0 Å². The predicted octanol–water partition coefficient (Wildman–Crippen LogP) is 5.38. The molecule has 1 saturated carbocycles. The van der Waals surface area contributed by atoms with E-state index in [0.717, 1.165) is 48.8 Å². The first-order chi connectivity index (χ1) is 16.9. The lowest BCUT2D eigenvalue weighted by molar-refractivity contribution is 0.268. The normalized spacial score (nSPS) is 30.8. The SMILES string of the molecule is C[C@H]1CC[C@H](c2ccccc2)S(=O)(=O)N1Cc1ccc(C2(C#N)CCC(C3C=NN=C3)CC2)cc1. The maximum absolute atomic E-state index is 13.5. The maximum Gasteiger partial charge on any atom is 0.221 e. The topological polar surface area (TPSA) is 85.9 Å². The highest BCUT2D eigenvalue weighted by atomic mass is 32.2. The van der Waals surface area contributed by atoms with E-state index in [1.807, 2.05) is 74.0 Å². The van der Waals surface area contributed by atoms with Crippen molar-refractivity contribution >= 4 is 22.5 Å². The first-order valence-electron chi connectivity index (χ1n) is 12.6. The Labute approximate surface area is 208 Å². The van der Waals surface area contributed by atoms with E-state index in [1.54, 1.807) is 4.31 Å². The highest BCUT2D eigenvalue weighted by Gasteiger charge is 2.41. The largest absolute Gasteiger partial charge is 0.221 e. The lowest BCUT2D eigenvalue weighted by atomic mass is 9.65. The molecule has 2 aliphatic heterocycles. The second kappa shape index (κ2) is 9.67. The van der Waals surface area contributed by atoms with Gasteiger partial charge in [0.15, 0.2) is 0 Å². The highest BCUT2D eigenvalue weighted by Crippen LogP contribution is 2.43. The molecule has 7 heteroatoms. The number of benzene rings is 2. The van der Waals surface area contributed by atoms with Crippen LogP contribution in [0.15, 0.2) is 64.8 Å². The van der Waals surface area contributed by atoms with Crippen molar-refractivity contribution < 1.29 is 8.42 Å². The van der Waals surface area contributed by atoms with Crippen molar-refractivity contribution in [3.05, 3.63) is 71.3 Å². The van der Waals surface area contributed by atoms with Crippen LogP contribution in [-0.4, -0.2) is 31.2 Å². The average molecular weight is 489 g/mol. The summed E-state index contributed by atoms with van der Waals surface area (Å²) in [5.41, 5.74) is 2.37. The quantitative estimate of drug-likeness (QED) is 0.566. The number of nitriles is 1. The lowest BCUT2D eigenvalue weighted by Gasteiger charge is -2.38. The molecule has 0 radical (unpaired) electrons. The molecule has 5 rings (SSSR count). The summed E-state index contributed by atoms with van der Waals surface area (Å²) in [6, 6.07) is 20.2. The smallest absolute Gasteiger partial charge is 0.212 e. The summed E-state index contributed by atoms with van der Waals surface area (Å²) in [4.78, 5) is 0. The summed E-state index contributed by atoms with van der Waals surface area (Å²) in [6.45, 7) is 2.35. The zero-order valence-corrected chi connectivity index (χ0v) is 20.9. The van der Waals surface area contributed by atoms with Crippen molar-refractivity contribution in [3.63, 3.8) is 0 Å². The molecular weight excluding hydrogens is 456 g/mol. The van der Waals surface area contributed by atoms with E-state index in [9.17, 15) is 13.7 Å². The van der Waals surface area contributed by atoms with Crippen LogP contribution in [0, 0.1) is 23.2 Å². The number of hydrogen-bond donors (Lipinski definition) is 0. The van der Waals surface area contributed by atoms with Gasteiger partial charge in [-0.25, -0.2) is 8.42 Å². The highest BCUT2D eigenvalue weighted by molar-refractivity contribution is 7.89. The summed E-state index contributed by atoms with van der Waals surface area (Å²) in [6.07, 6.45) is 8.90. The van der Waals surface area contributed by atoms with Crippen molar-refractivity contribution in [2.24, 2.45) is 22.0 Å². The summed E-state index contributed by atoms with van der Waals surface area (Å²) in [7, 11) is -3.47. The van der Waals surface area contributed by atoms with Crippen molar-refractivity contribution in [3.8, 4) is 6.07 Å². The second-order valence-corrected chi connectivity index (χ2v) is 12.3. The fraction of sp³-hybridized carbons (Fsp3) is 0.464. The summed E-state index contributed by atoms with van der Waals surface area (Å²) in [5, 5.41) is 17.6. The molecule has 2 atom stereocenters. The van der Waals surface area contributed by atoms with E-state index in [2.05, 4.69) is 16.3 Å². The Morgan fingerprint density at radius 3 is 2.26 bits per heavy atom. The third kappa shape index (κ3) is 4.57. The summed E-state index contributed by atoms with van der Waals surface area (Å²) in [5.74, 6) is 0.788. The van der Waals surface area contributed by atoms with Gasteiger partial charge in [-0.2, -0.15) is 19.8 Å². The van der Waals surface area contributed by atoms with Crippen LogP contribution in [0.5, 0.6) is 0 Å². The number of nitrogens with zero attached hydrogens (tertiary/aromatic N) is 4. The van der Waals surface area contributed by atoms with E-state index in [4.69, 9.17) is 0 Å². The van der Waals surface area contributed by atoms with Gasteiger partial charge in [-0.3, -0.25) is 0 Å². The molecule has 2 aromatic rings. The Kier molecular flexibility index (Phi) is 6.61. The van der Waals surface area contributed by atoms with E-state index in [-0.39, 0.29) is 6.04 Å². The van der Waals surface area contributed by atoms with Gasteiger partial charge in [0.2, 0.25) is 10.0 Å². The molecule has 35 heavy (non-hydrogen) atoms. The van der Waals surface area contributed by atoms with Gasteiger partial charge in [0.25, 0.3) is 0 Å². The lowest BCUT2D eigenvalue weighted by Crippen LogP contribution is -2.44. The fourth-order valence-electron chi connectivity index (χ4n) is 5.96. The first-order valence-corrected chi connectivity index (χ1v) is 14.1. The second-order valence-electron chi connectivity index (χ2n) is 10.3. The minimum absolute atomic E-state index is 0.0389. The molecule has 6 nitrogen and oxygen atoms in total. The molecule has 0 unspecified atom stereocenters. The zero-order valence-electron chi connectivity index (χ0n) is 20.1. The van der Waals surface area contributed by atoms with Gasteiger partial charge in [0.05, 0.1) is 11.5 Å². The zero-order chi connectivity index (χ0) is 24.5. The fourth-order valence-corrected chi connectivity index (χ4v) is 8.15. The molecule has 0 amide bonds. The molecule has 0 N–H and O–H groups in total. The van der Waals surface area contributed by atoms with Gasteiger partial charge in [-0.1, -0.05) is 54.6 Å². The molecule has 1 aliphatic carbocycles. The van der Waals surface area contributed by atoms with Crippen LogP contribution in [-0.2, 0) is 22.0 Å². The predicted molar refractivity (Wildman–Crippen MR) is 139 cm³/mol. The molecule has 2 aromatic carbocycles. The standard InChI is InChI=1S/C28H32N4O2S/c1-21-7-12-27(24-5-3-2-4-6-24)35(33,34)32(21)19-22-8-10-26(11-9-22)28(20-29)15-13-23(14-16-28)25-17-30-31-18-25/h2-6,8-11,17-18,21,23,25,27H,7,12-16,19H2,1H3/t21-,23?,27+,28?/m0/s1. The van der Waals surface area contributed by atoms with E-state index in [0.29, 0.717) is 24.8 Å². The molecule has 2 heterocycles. The summed E-state index contributed by atoms with van der Waals surface area (Å²) >= 11 is 0. The van der Waals surface area contributed by atoms with Gasteiger partial charge < -0.3 is 0 Å². The Balaban J connectivity index is 1.31. The molecule has 3 aliphatic rings. The van der Waals surface area contributed by atoms with Crippen LogP contribution in [0.2, 0.25) is 0 Å². The third-order valence-electron chi connectivity index (χ3n) is 8.23. The minimum atomic E-state index is -3.47. The van der Waals surface area contributed by atoms with Crippen molar-refractivity contribution in [2.75, 3.05) is 0 Å². The monoisotopic (exact) mass is 488 g/mol. The van der Waals surface area contributed by atoms with Crippen molar-refractivity contribution in [1.29, 1.82) is 5.26 Å². The Morgan fingerprint density at radius 1 is 0.971 bits per heavy atom. The molecule has 2 fully saturated rings. The number of sulfonamides is 1. The van der Waals surface area contributed by atoms with Crippen molar-refractivity contribution in [1.82, 2.24) is 4.31 Å². The number of rotatable bonds is 5. The molecule has 0 aromatic heterocycles. The van der Waals surface area contributed by atoms with Crippen LogP contribution in [0.25, 0.3) is 0 Å².